The highest BCUT2D eigenvalue weighted by Gasteiger charge is 2.19. The lowest BCUT2D eigenvalue weighted by molar-refractivity contribution is -0.167. The molecule has 1 unspecified atom stereocenters. The van der Waals surface area contributed by atoms with Crippen molar-refractivity contribution in [2.75, 3.05) is 13.2 Å². The molecule has 0 bridgehead atoms. The van der Waals surface area contributed by atoms with Crippen LogP contribution in [-0.4, -0.2) is 37.2 Å². The zero-order valence-electron chi connectivity index (χ0n) is 47.4. The number of carbonyl (C=O) groups excluding carboxylic acids is 3. The summed E-state index contributed by atoms with van der Waals surface area (Å²) >= 11 is 0. The van der Waals surface area contributed by atoms with E-state index in [0.717, 1.165) is 83.5 Å². The van der Waals surface area contributed by atoms with E-state index in [-0.39, 0.29) is 37.5 Å². The van der Waals surface area contributed by atoms with Gasteiger partial charge in [-0.25, -0.2) is 0 Å². The van der Waals surface area contributed by atoms with E-state index in [1.54, 1.807) is 0 Å². The van der Waals surface area contributed by atoms with Crippen LogP contribution in [-0.2, 0) is 28.6 Å². The van der Waals surface area contributed by atoms with E-state index in [1.165, 1.54) is 167 Å². The normalized spacial score (nSPS) is 12.7. The van der Waals surface area contributed by atoms with Crippen molar-refractivity contribution in [3.05, 3.63) is 85.1 Å². The van der Waals surface area contributed by atoms with Gasteiger partial charge in [-0.1, -0.05) is 273 Å². The SMILES string of the molecule is CC/C=C\C/C=C\C/C=C\C/C=C\C/C=C\CCCC(=O)OC(COC(=O)CCCCCCCCCCCCCC)COC(=O)CCCCCCCCCCCCCCC/C=C\C/C=C\CCCCCCC. The van der Waals surface area contributed by atoms with Gasteiger partial charge in [-0.3, -0.25) is 14.4 Å². The van der Waals surface area contributed by atoms with Crippen molar-refractivity contribution in [2.24, 2.45) is 0 Å². The Morgan fingerprint density at radius 1 is 0.292 bits per heavy atom. The maximum atomic E-state index is 12.8. The maximum absolute atomic E-state index is 12.8. The molecule has 1 atom stereocenters. The molecule has 0 aliphatic rings. The molecule has 0 N–H and O–H groups in total. The average Bonchev–Trinajstić information content (AvgIpc) is 3.38. The highest BCUT2D eigenvalue weighted by Crippen LogP contribution is 2.16. The highest BCUT2D eigenvalue weighted by molar-refractivity contribution is 5.71. The predicted molar refractivity (Wildman–Crippen MR) is 311 cm³/mol. The number of hydrogen-bond acceptors (Lipinski definition) is 6. The van der Waals surface area contributed by atoms with Crippen LogP contribution in [0.5, 0.6) is 0 Å². The van der Waals surface area contributed by atoms with Crippen LogP contribution in [0.25, 0.3) is 0 Å². The fraction of sp³-hybridized carbons (Fsp3) is 0.742. The van der Waals surface area contributed by atoms with Crippen LogP contribution in [0.3, 0.4) is 0 Å². The molecular formula is C66H114O6. The van der Waals surface area contributed by atoms with E-state index >= 15 is 0 Å². The number of unbranched alkanes of at least 4 members (excludes halogenated alkanes) is 30. The van der Waals surface area contributed by atoms with Crippen LogP contribution in [0.2, 0.25) is 0 Å². The van der Waals surface area contributed by atoms with Gasteiger partial charge in [-0.05, 0) is 89.9 Å². The monoisotopic (exact) mass is 1000 g/mol. The third-order valence-electron chi connectivity index (χ3n) is 13.1. The zero-order chi connectivity index (χ0) is 52.2. The summed E-state index contributed by atoms with van der Waals surface area (Å²) in [6, 6.07) is 0. The third-order valence-corrected chi connectivity index (χ3v) is 13.1. The molecule has 0 radical (unpaired) electrons. The minimum Gasteiger partial charge on any atom is -0.462 e. The Hall–Kier alpha value is -3.41. The van der Waals surface area contributed by atoms with Gasteiger partial charge in [-0.15, -0.1) is 0 Å². The van der Waals surface area contributed by atoms with Crippen LogP contribution in [0.4, 0.5) is 0 Å². The molecule has 0 aromatic heterocycles. The van der Waals surface area contributed by atoms with Crippen molar-refractivity contribution in [3.8, 4) is 0 Å². The minimum atomic E-state index is -0.805. The summed E-state index contributed by atoms with van der Waals surface area (Å²) in [6.45, 7) is 6.49. The first-order valence-electron chi connectivity index (χ1n) is 30.6. The lowest BCUT2D eigenvalue weighted by Crippen LogP contribution is -2.30. The molecule has 72 heavy (non-hydrogen) atoms. The van der Waals surface area contributed by atoms with E-state index < -0.39 is 6.10 Å². The second-order valence-corrected chi connectivity index (χ2v) is 20.2. The maximum Gasteiger partial charge on any atom is 0.306 e. The van der Waals surface area contributed by atoms with E-state index in [1.807, 2.05) is 0 Å². The summed E-state index contributed by atoms with van der Waals surface area (Å²) in [5, 5.41) is 0. The molecule has 0 spiro atoms. The van der Waals surface area contributed by atoms with Crippen molar-refractivity contribution in [3.63, 3.8) is 0 Å². The first kappa shape index (κ1) is 68.6. The number of hydrogen-bond donors (Lipinski definition) is 0. The van der Waals surface area contributed by atoms with Gasteiger partial charge in [0.2, 0.25) is 0 Å². The fourth-order valence-corrected chi connectivity index (χ4v) is 8.57. The largest absolute Gasteiger partial charge is 0.462 e. The number of rotatable bonds is 55. The average molecular weight is 1000 g/mol. The van der Waals surface area contributed by atoms with Gasteiger partial charge in [0.1, 0.15) is 13.2 Å². The second-order valence-electron chi connectivity index (χ2n) is 20.2. The summed E-state index contributed by atoms with van der Waals surface area (Å²) in [4.78, 5) is 38.2. The Morgan fingerprint density at radius 2 is 0.556 bits per heavy atom. The molecule has 0 aromatic carbocycles. The molecule has 414 valence electrons. The van der Waals surface area contributed by atoms with Gasteiger partial charge in [-0.2, -0.15) is 0 Å². The fourth-order valence-electron chi connectivity index (χ4n) is 8.57. The van der Waals surface area contributed by atoms with Gasteiger partial charge >= 0.3 is 17.9 Å². The van der Waals surface area contributed by atoms with Gasteiger partial charge in [0.15, 0.2) is 6.10 Å². The Kier molecular flexibility index (Phi) is 57.3. The first-order chi connectivity index (χ1) is 35.5. The standard InChI is InChI=1S/C66H114O6/c1-4-7-10-13-16-19-22-25-27-29-30-31-32-33-34-35-36-38-39-41-44-47-50-53-56-59-65(68)71-62-63(61-70-64(67)58-55-52-49-46-43-24-21-18-15-12-9-6-3)72-66(69)60-57-54-51-48-45-42-40-37-28-26-23-20-17-14-11-8-5-2/h8,11,17,20,22,25-26,28-30,40,42,48,51,63H,4-7,9-10,12-16,18-19,21,23-24,27,31-39,41,43-47,49-50,52-62H2,1-3H3/b11-8-,20-17-,25-22-,28-26-,30-29-,42-40-,51-48-. The van der Waals surface area contributed by atoms with Crippen LogP contribution in [0, 0.1) is 0 Å². The lowest BCUT2D eigenvalue weighted by atomic mass is 10.0. The number of esters is 3. The number of ether oxygens (including phenoxy) is 3. The summed E-state index contributed by atoms with van der Waals surface area (Å²) in [6.07, 6.45) is 78.8. The molecule has 0 aromatic rings. The third kappa shape index (κ3) is 57.5. The zero-order valence-corrected chi connectivity index (χ0v) is 47.4. The lowest BCUT2D eigenvalue weighted by Gasteiger charge is -2.18. The molecule has 0 rings (SSSR count). The van der Waals surface area contributed by atoms with Gasteiger partial charge in [0.25, 0.3) is 0 Å². The molecule has 0 aliphatic carbocycles. The second kappa shape index (κ2) is 60.1. The topological polar surface area (TPSA) is 78.9 Å². The summed E-state index contributed by atoms with van der Waals surface area (Å²) in [5.41, 5.74) is 0. The van der Waals surface area contributed by atoms with Crippen molar-refractivity contribution >= 4 is 17.9 Å². The van der Waals surface area contributed by atoms with E-state index in [2.05, 4.69) is 106 Å². The minimum absolute atomic E-state index is 0.0967. The van der Waals surface area contributed by atoms with Crippen LogP contribution < -0.4 is 0 Å². The van der Waals surface area contributed by atoms with Gasteiger partial charge < -0.3 is 14.2 Å². The smallest absolute Gasteiger partial charge is 0.306 e. The molecule has 0 saturated carbocycles. The predicted octanol–water partition coefficient (Wildman–Crippen LogP) is 20.7. The molecule has 0 amide bonds. The van der Waals surface area contributed by atoms with Crippen molar-refractivity contribution in [1.82, 2.24) is 0 Å². The Balaban J connectivity index is 4.33. The summed E-state index contributed by atoms with van der Waals surface area (Å²) in [7, 11) is 0. The molecule has 0 aliphatic heterocycles. The van der Waals surface area contributed by atoms with E-state index in [0.29, 0.717) is 19.3 Å². The first-order valence-corrected chi connectivity index (χ1v) is 30.6. The molecule has 0 heterocycles. The summed E-state index contributed by atoms with van der Waals surface area (Å²) < 4.78 is 16.8. The van der Waals surface area contributed by atoms with Crippen molar-refractivity contribution in [1.29, 1.82) is 0 Å². The Labute approximate surface area is 445 Å². The van der Waals surface area contributed by atoms with Gasteiger partial charge in [0, 0.05) is 19.3 Å². The van der Waals surface area contributed by atoms with E-state index in [9.17, 15) is 14.4 Å². The molecule has 6 nitrogen and oxygen atoms in total. The highest BCUT2D eigenvalue weighted by atomic mass is 16.6. The Morgan fingerprint density at radius 3 is 0.889 bits per heavy atom. The molecular weight excluding hydrogens is 889 g/mol. The molecule has 0 fully saturated rings. The quantitative estimate of drug-likeness (QED) is 0.0261. The van der Waals surface area contributed by atoms with E-state index in [4.69, 9.17) is 14.2 Å². The Bertz CT molecular complexity index is 1380. The summed E-state index contributed by atoms with van der Waals surface area (Å²) in [5.74, 6) is -0.947. The molecule has 0 saturated heterocycles. The van der Waals surface area contributed by atoms with Crippen LogP contribution >= 0.6 is 0 Å². The van der Waals surface area contributed by atoms with Gasteiger partial charge in [0.05, 0.1) is 0 Å². The number of carbonyl (C=O) groups is 3. The van der Waals surface area contributed by atoms with Crippen LogP contribution in [0.1, 0.15) is 297 Å². The van der Waals surface area contributed by atoms with Crippen molar-refractivity contribution < 1.29 is 28.6 Å². The number of allylic oxidation sites excluding steroid dienone is 14. The molecule has 6 heteroatoms. The van der Waals surface area contributed by atoms with Crippen molar-refractivity contribution in [2.45, 2.75) is 303 Å². The van der Waals surface area contributed by atoms with Crippen LogP contribution in [0.15, 0.2) is 85.1 Å².